The van der Waals surface area contributed by atoms with Crippen LogP contribution in [-0.2, 0) is 14.3 Å². The number of aliphatic hydroxyl groups is 2. The van der Waals surface area contributed by atoms with Crippen LogP contribution in [0.2, 0.25) is 0 Å². The van der Waals surface area contributed by atoms with Crippen LogP contribution >= 0.6 is 0 Å². The zero-order valence-electron chi connectivity index (χ0n) is 21.0. The molecule has 200 valence electrons. The number of amides is 1. The predicted molar refractivity (Wildman–Crippen MR) is 123 cm³/mol. The minimum absolute atomic E-state index is 0.00934. The lowest BCUT2D eigenvalue weighted by Gasteiger charge is -2.43. The van der Waals surface area contributed by atoms with Gasteiger partial charge in [-0.05, 0) is 45.4 Å². The average molecular weight is 517 g/mol. The summed E-state index contributed by atoms with van der Waals surface area (Å²) in [5, 5.41) is 22.3. The van der Waals surface area contributed by atoms with Crippen LogP contribution in [0.4, 0.5) is 23.2 Å². The maximum atomic E-state index is 14.4. The number of aliphatic hydroxyl groups excluding tert-OH is 2. The van der Waals surface area contributed by atoms with E-state index in [1.165, 1.54) is 52.3 Å². The van der Waals surface area contributed by atoms with Gasteiger partial charge in [-0.2, -0.15) is 13.2 Å². The molecule has 7 atom stereocenters. The van der Waals surface area contributed by atoms with Crippen molar-refractivity contribution in [2.45, 2.75) is 71.1 Å². The molecule has 0 radical (unpaired) electrons. The molecule has 7 nitrogen and oxygen atoms in total. The van der Waals surface area contributed by atoms with Gasteiger partial charge in [0.25, 0.3) is 5.91 Å². The number of nitrogens with one attached hydrogen (secondary N) is 1. The molecule has 2 aliphatic rings. The summed E-state index contributed by atoms with van der Waals surface area (Å²) in [4.78, 5) is 17.4. The quantitative estimate of drug-likeness (QED) is 0.479. The maximum absolute atomic E-state index is 14.4. The number of rotatable bonds is 6. The van der Waals surface area contributed by atoms with Gasteiger partial charge in [-0.15, -0.1) is 0 Å². The molecule has 36 heavy (non-hydrogen) atoms. The first-order valence-electron chi connectivity index (χ1n) is 11.6. The third-order valence-corrected chi connectivity index (χ3v) is 7.60. The number of carbonyl (C=O) groups is 1. The third kappa shape index (κ3) is 4.64. The number of carbonyl (C=O) groups excluding carboxylic acids is 1. The van der Waals surface area contributed by atoms with E-state index in [2.05, 4.69) is 10.3 Å². The van der Waals surface area contributed by atoms with Crippen LogP contribution in [0, 0.1) is 17.3 Å². The van der Waals surface area contributed by atoms with Gasteiger partial charge in [-0.25, -0.2) is 4.39 Å². The highest BCUT2D eigenvalue weighted by molar-refractivity contribution is 5.95. The number of allylic oxidation sites excluding steroid dienone is 4. The maximum Gasteiger partial charge on any atom is 0.417 e. The fourth-order valence-corrected chi connectivity index (χ4v) is 5.38. The molecule has 1 unspecified atom stereocenters. The number of nitrogens with zero attached hydrogens (tertiary/aromatic N) is 1. The number of hydrogen-bond acceptors (Lipinski definition) is 6. The average Bonchev–Trinajstić information content (AvgIpc) is 3.09. The summed E-state index contributed by atoms with van der Waals surface area (Å²) in [6.07, 6.45) is -6.24. The second kappa shape index (κ2) is 9.75. The molecule has 3 rings (SSSR count). The van der Waals surface area contributed by atoms with Gasteiger partial charge in [-0.1, -0.05) is 13.8 Å². The van der Waals surface area contributed by atoms with Crippen molar-refractivity contribution in [3.63, 3.8) is 0 Å². The lowest BCUT2D eigenvalue weighted by molar-refractivity contribution is -0.272. The van der Waals surface area contributed by atoms with E-state index in [0.29, 0.717) is 0 Å². The molecule has 0 bridgehead atoms. The lowest BCUT2D eigenvalue weighted by Crippen LogP contribution is -2.48. The molecule has 11 heteroatoms. The molecule has 1 aliphatic carbocycles. The van der Waals surface area contributed by atoms with Gasteiger partial charge in [-0.3, -0.25) is 9.78 Å². The second-order valence-corrected chi connectivity index (χ2v) is 9.93. The Labute approximate surface area is 207 Å². The summed E-state index contributed by atoms with van der Waals surface area (Å²) in [6.45, 7) is 6.77. The standard InChI is InChI=1S/C25H32F4N2O5/c1-12-16(26)7-9-23(4,21(12)35-6)18-13(2)24(5,25(27,28)29)36-20(18)22(34)31-15-8-10-30-17(11-15)19(33)14(3)32/h7-8,10-11,13-14,18-20,32-33H,9H2,1-6H3,(H,30,31,34)/t13-,14-,18+,19-,20+,23?,24+/m1/s1. The van der Waals surface area contributed by atoms with E-state index in [1.54, 1.807) is 6.92 Å². The Bertz CT molecular complexity index is 1070. The predicted octanol–water partition coefficient (Wildman–Crippen LogP) is 4.59. The van der Waals surface area contributed by atoms with Crippen molar-refractivity contribution >= 4 is 11.6 Å². The van der Waals surface area contributed by atoms with Crippen molar-refractivity contribution in [3.05, 3.63) is 47.3 Å². The van der Waals surface area contributed by atoms with E-state index in [0.717, 1.165) is 6.92 Å². The minimum Gasteiger partial charge on any atom is -0.500 e. The Kier molecular flexibility index (Phi) is 7.61. The highest BCUT2D eigenvalue weighted by Crippen LogP contribution is 2.59. The largest absolute Gasteiger partial charge is 0.500 e. The number of aromatic nitrogens is 1. The first-order chi connectivity index (χ1) is 16.6. The lowest BCUT2D eigenvalue weighted by atomic mass is 9.61. The summed E-state index contributed by atoms with van der Waals surface area (Å²) in [7, 11) is 1.32. The number of ether oxygens (including phenoxy) is 2. The van der Waals surface area contributed by atoms with Crippen molar-refractivity contribution in [2.24, 2.45) is 17.3 Å². The summed E-state index contributed by atoms with van der Waals surface area (Å²) >= 11 is 0. The molecular formula is C25H32F4N2O5. The molecule has 1 aromatic rings. The Morgan fingerprint density at radius 2 is 1.97 bits per heavy atom. The van der Waals surface area contributed by atoms with Crippen molar-refractivity contribution < 1.29 is 42.0 Å². The van der Waals surface area contributed by atoms with E-state index in [4.69, 9.17) is 9.47 Å². The first kappa shape index (κ1) is 28.1. The third-order valence-electron chi connectivity index (χ3n) is 7.60. The van der Waals surface area contributed by atoms with Crippen molar-refractivity contribution in [2.75, 3.05) is 12.4 Å². The van der Waals surface area contributed by atoms with Gasteiger partial charge in [0.05, 0.1) is 18.9 Å². The summed E-state index contributed by atoms with van der Waals surface area (Å²) in [5.74, 6) is -3.44. The molecule has 1 fully saturated rings. The number of alkyl halides is 3. The molecule has 1 amide bonds. The minimum atomic E-state index is -4.79. The Hall–Kier alpha value is -2.50. The second-order valence-electron chi connectivity index (χ2n) is 9.93. The van der Waals surface area contributed by atoms with E-state index >= 15 is 0 Å². The van der Waals surface area contributed by atoms with E-state index in [9.17, 15) is 32.6 Å². The first-order valence-corrected chi connectivity index (χ1v) is 11.6. The van der Waals surface area contributed by atoms with E-state index in [1.807, 2.05) is 0 Å². The van der Waals surface area contributed by atoms with Gasteiger partial charge < -0.3 is 25.0 Å². The monoisotopic (exact) mass is 516 g/mol. The molecule has 1 saturated heterocycles. The van der Waals surface area contributed by atoms with Crippen LogP contribution in [0.25, 0.3) is 0 Å². The Morgan fingerprint density at radius 3 is 2.53 bits per heavy atom. The van der Waals surface area contributed by atoms with Crippen LogP contribution < -0.4 is 5.32 Å². The molecule has 0 spiro atoms. The number of halogens is 4. The van der Waals surface area contributed by atoms with E-state index < -0.39 is 59.1 Å². The van der Waals surface area contributed by atoms with Crippen LogP contribution in [0.5, 0.6) is 0 Å². The van der Waals surface area contributed by atoms with Gasteiger partial charge in [0.15, 0.2) is 5.60 Å². The van der Waals surface area contributed by atoms with Crippen LogP contribution in [0.15, 0.2) is 41.6 Å². The van der Waals surface area contributed by atoms with Gasteiger partial charge >= 0.3 is 6.18 Å². The topological polar surface area (TPSA) is 101 Å². The highest BCUT2D eigenvalue weighted by atomic mass is 19.4. The SMILES string of the molecule is COC1=C(C)C(F)=CCC1(C)[C@@H]1[C@@H](C(=O)Nc2ccnc([C@H](O)[C@@H](C)O)c2)O[C@](C)(C(F)(F)F)[C@@H]1C. The van der Waals surface area contributed by atoms with Crippen molar-refractivity contribution in [1.82, 2.24) is 4.98 Å². The zero-order chi connectivity index (χ0) is 27.2. The van der Waals surface area contributed by atoms with Crippen LogP contribution in [-0.4, -0.2) is 52.2 Å². The molecular weight excluding hydrogens is 484 g/mol. The van der Waals surface area contributed by atoms with E-state index in [-0.39, 0.29) is 29.1 Å². The number of hydrogen-bond donors (Lipinski definition) is 3. The summed E-state index contributed by atoms with van der Waals surface area (Å²) in [5.41, 5.74) is -3.45. The summed E-state index contributed by atoms with van der Waals surface area (Å²) < 4.78 is 68.1. The molecule has 0 aromatic carbocycles. The smallest absolute Gasteiger partial charge is 0.417 e. The molecule has 3 N–H and O–H groups in total. The fraction of sp³-hybridized carbons (Fsp3) is 0.600. The molecule has 1 aliphatic heterocycles. The van der Waals surface area contributed by atoms with Gasteiger partial charge in [0, 0.05) is 34.7 Å². The normalized spacial score (nSPS) is 32.7. The fourth-order valence-electron chi connectivity index (χ4n) is 5.38. The zero-order valence-corrected chi connectivity index (χ0v) is 21.0. The molecule has 2 heterocycles. The number of pyridine rings is 1. The Balaban J connectivity index is 2.04. The highest BCUT2D eigenvalue weighted by Gasteiger charge is 2.69. The van der Waals surface area contributed by atoms with Crippen molar-refractivity contribution in [1.29, 1.82) is 0 Å². The van der Waals surface area contributed by atoms with Gasteiger partial charge in [0.1, 0.15) is 23.8 Å². The Morgan fingerprint density at radius 1 is 1.33 bits per heavy atom. The van der Waals surface area contributed by atoms with Crippen LogP contribution in [0.1, 0.15) is 52.8 Å². The van der Waals surface area contributed by atoms with Crippen LogP contribution in [0.3, 0.4) is 0 Å². The molecule has 0 saturated carbocycles. The molecule has 1 aromatic heterocycles. The summed E-state index contributed by atoms with van der Waals surface area (Å²) in [6, 6.07) is 2.72. The number of anilines is 1. The number of methoxy groups -OCH3 is 1. The van der Waals surface area contributed by atoms with Gasteiger partial charge in [0.2, 0.25) is 0 Å². The van der Waals surface area contributed by atoms with Crippen molar-refractivity contribution in [3.8, 4) is 0 Å².